The Morgan fingerprint density at radius 3 is 2.45 bits per heavy atom. The SMILES string of the molecule is CN=C(NCCCN1CCN(c2ncccn2)CC1)NCC1(Sc2ccccc2)CC1. The van der Waals surface area contributed by atoms with E-state index in [1.807, 2.05) is 37.3 Å². The van der Waals surface area contributed by atoms with Gasteiger partial charge in [-0.15, -0.1) is 11.8 Å². The van der Waals surface area contributed by atoms with Gasteiger partial charge in [-0.3, -0.25) is 9.89 Å². The number of anilines is 1. The van der Waals surface area contributed by atoms with E-state index < -0.39 is 0 Å². The highest BCUT2D eigenvalue weighted by Gasteiger charge is 2.43. The number of aromatic nitrogens is 2. The number of nitrogens with one attached hydrogen (secondary N) is 2. The van der Waals surface area contributed by atoms with Gasteiger partial charge in [0.1, 0.15) is 0 Å². The van der Waals surface area contributed by atoms with E-state index in [0.29, 0.717) is 4.75 Å². The van der Waals surface area contributed by atoms with Crippen LogP contribution in [-0.4, -0.2) is 78.4 Å². The predicted molar refractivity (Wildman–Crippen MR) is 129 cm³/mol. The maximum absolute atomic E-state index is 4.40. The summed E-state index contributed by atoms with van der Waals surface area (Å²) >= 11 is 1.99. The first-order valence-corrected chi connectivity index (χ1v) is 12.0. The highest BCUT2D eigenvalue weighted by atomic mass is 32.2. The van der Waals surface area contributed by atoms with E-state index in [0.717, 1.165) is 64.1 Å². The Balaban J connectivity index is 1.11. The number of benzene rings is 1. The fourth-order valence-corrected chi connectivity index (χ4v) is 5.04. The van der Waals surface area contributed by atoms with Crippen molar-refractivity contribution >= 4 is 23.7 Å². The van der Waals surface area contributed by atoms with Gasteiger partial charge in [0.25, 0.3) is 0 Å². The molecule has 1 aromatic carbocycles. The molecule has 7 nitrogen and oxygen atoms in total. The standard InChI is InChI=1S/C23H33N7S/c1-24-21(28-19-23(9-10-23)31-20-7-3-2-4-8-20)25-13-6-14-29-15-17-30(18-16-29)22-26-11-5-12-27-22/h2-5,7-8,11-12H,6,9-10,13-19H2,1H3,(H2,24,25,28). The quantitative estimate of drug-likeness (QED) is 0.353. The lowest BCUT2D eigenvalue weighted by Gasteiger charge is -2.34. The molecular weight excluding hydrogens is 406 g/mol. The molecule has 1 aliphatic heterocycles. The molecule has 31 heavy (non-hydrogen) atoms. The summed E-state index contributed by atoms with van der Waals surface area (Å²) in [4.78, 5) is 19.3. The number of thioether (sulfide) groups is 1. The number of rotatable bonds is 9. The van der Waals surface area contributed by atoms with Gasteiger partial charge >= 0.3 is 0 Å². The molecule has 2 aromatic rings. The monoisotopic (exact) mass is 439 g/mol. The van der Waals surface area contributed by atoms with Crippen molar-refractivity contribution in [1.29, 1.82) is 0 Å². The van der Waals surface area contributed by atoms with Crippen LogP contribution in [0.4, 0.5) is 5.95 Å². The number of aliphatic imine (C=N–C) groups is 1. The molecule has 2 aliphatic rings. The molecule has 1 aliphatic carbocycles. The normalized spacial score (nSPS) is 18.6. The van der Waals surface area contributed by atoms with Crippen molar-refractivity contribution in [3.8, 4) is 0 Å². The Morgan fingerprint density at radius 2 is 1.77 bits per heavy atom. The van der Waals surface area contributed by atoms with Gasteiger partial charge in [0.05, 0.1) is 0 Å². The topological polar surface area (TPSA) is 68.7 Å². The summed E-state index contributed by atoms with van der Waals surface area (Å²) < 4.78 is 0.321. The van der Waals surface area contributed by atoms with E-state index in [9.17, 15) is 0 Å². The molecule has 166 valence electrons. The first-order valence-electron chi connectivity index (χ1n) is 11.2. The van der Waals surface area contributed by atoms with Crippen LogP contribution >= 0.6 is 11.8 Å². The van der Waals surface area contributed by atoms with Crippen molar-refractivity contribution in [2.75, 3.05) is 57.8 Å². The lowest BCUT2D eigenvalue weighted by Crippen LogP contribution is -2.48. The molecule has 0 spiro atoms. The van der Waals surface area contributed by atoms with Gasteiger partial charge < -0.3 is 15.5 Å². The van der Waals surface area contributed by atoms with Crippen molar-refractivity contribution in [2.24, 2.45) is 4.99 Å². The second kappa shape index (κ2) is 10.8. The molecule has 1 saturated carbocycles. The number of nitrogens with zero attached hydrogens (tertiary/aromatic N) is 5. The van der Waals surface area contributed by atoms with Crippen LogP contribution < -0.4 is 15.5 Å². The molecular formula is C23H33N7S. The van der Waals surface area contributed by atoms with Gasteiger partial charge in [0, 0.05) is 68.4 Å². The number of piperazine rings is 1. The number of hydrogen-bond donors (Lipinski definition) is 2. The van der Waals surface area contributed by atoms with Crippen LogP contribution in [0.2, 0.25) is 0 Å². The van der Waals surface area contributed by atoms with Gasteiger partial charge in [-0.2, -0.15) is 0 Å². The van der Waals surface area contributed by atoms with Crippen LogP contribution in [0.1, 0.15) is 19.3 Å². The first kappa shape index (κ1) is 21.9. The van der Waals surface area contributed by atoms with Crippen LogP contribution in [0, 0.1) is 0 Å². The molecule has 2 N–H and O–H groups in total. The van der Waals surface area contributed by atoms with E-state index in [1.54, 1.807) is 0 Å². The molecule has 4 rings (SSSR count). The molecule has 1 aromatic heterocycles. The third kappa shape index (κ3) is 6.58. The molecule has 0 amide bonds. The lowest BCUT2D eigenvalue weighted by molar-refractivity contribution is 0.254. The molecule has 0 bridgehead atoms. The summed E-state index contributed by atoms with van der Waals surface area (Å²) in [6.07, 6.45) is 7.25. The summed E-state index contributed by atoms with van der Waals surface area (Å²) in [6.45, 7) is 7.08. The molecule has 8 heteroatoms. The Kier molecular flexibility index (Phi) is 7.64. The zero-order valence-electron chi connectivity index (χ0n) is 18.3. The van der Waals surface area contributed by atoms with Crippen LogP contribution in [0.3, 0.4) is 0 Å². The molecule has 2 fully saturated rings. The average Bonchev–Trinajstić information content (AvgIpc) is 3.59. The van der Waals surface area contributed by atoms with E-state index >= 15 is 0 Å². The van der Waals surface area contributed by atoms with Crippen LogP contribution in [0.25, 0.3) is 0 Å². The Morgan fingerprint density at radius 1 is 1.03 bits per heavy atom. The third-order valence-electron chi connectivity index (χ3n) is 5.84. The van der Waals surface area contributed by atoms with Crippen molar-refractivity contribution in [3.63, 3.8) is 0 Å². The van der Waals surface area contributed by atoms with Gasteiger partial charge in [-0.1, -0.05) is 18.2 Å². The second-order valence-corrected chi connectivity index (χ2v) is 9.72. The van der Waals surface area contributed by atoms with Gasteiger partial charge in [0.2, 0.25) is 5.95 Å². The summed E-state index contributed by atoms with van der Waals surface area (Å²) in [7, 11) is 1.85. The Labute approximate surface area is 189 Å². The van der Waals surface area contributed by atoms with Crippen molar-refractivity contribution in [2.45, 2.75) is 28.9 Å². The molecule has 0 atom stereocenters. The molecule has 0 radical (unpaired) electrons. The van der Waals surface area contributed by atoms with E-state index in [1.165, 1.54) is 17.7 Å². The summed E-state index contributed by atoms with van der Waals surface area (Å²) in [6, 6.07) is 12.6. The molecule has 0 unspecified atom stereocenters. The largest absolute Gasteiger partial charge is 0.356 e. The van der Waals surface area contributed by atoms with E-state index in [-0.39, 0.29) is 0 Å². The minimum Gasteiger partial charge on any atom is -0.356 e. The van der Waals surface area contributed by atoms with Crippen molar-refractivity contribution in [1.82, 2.24) is 25.5 Å². The zero-order chi connectivity index (χ0) is 21.4. The van der Waals surface area contributed by atoms with Crippen LogP contribution in [0.5, 0.6) is 0 Å². The lowest BCUT2D eigenvalue weighted by atomic mass is 10.3. The minimum absolute atomic E-state index is 0.321. The summed E-state index contributed by atoms with van der Waals surface area (Å²) in [5.74, 6) is 1.75. The fraction of sp³-hybridized carbons (Fsp3) is 0.522. The minimum atomic E-state index is 0.321. The predicted octanol–water partition coefficient (Wildman–Crippen LogP) is 2.48. The highest BCUT2D eigenvalue weighted by molar-refractivity contribution is 8.01. The average molecular weight is 440 g/mol. The van der Waals surface area contributed by atoms with Crippen LogP contribution in [0.15, 0.2) is 58.7 Å². The van der Waals surface area contributed by atoms with Gasteiger partial charge in [0.15, 0.2) is 5.96 Å². The summed E-state index contributed by atoms with van der Waals surface area (Å²) in [5, 5.41) is 7.02. The molecule has 1 saturated heterocycles. The van der Waals surface area contributed by atoms with Crippen molar-refractivity contribution in [3.05, 3.63) is 48.8 Å². The van der Waals surface area contributed by atoms with Crippen molar-refractivity contribution < 1.29 is 0 Å². The third-order valence-corrected chi connectivity index (χ3v) is 7.33. The van der Waals surface area contributed by atoms with E-state index in [2.05, 4.69) is 65.7 Å². The summed E-state index contributed by atoms with van der Waals surface area (Å²) in [5.41, 5.74) is 0. The highest BCUT2D eigenvalue weighted by Crippen LogP contribution is 2.51. The smallest absolute Gasteiger partial charge is 0.225 e. The van der Waals surface area contributed by atoms with Gasteiger partial charge in [-0.05, 0) is 44.0 Å². The fourth-order valence-electron chi connectivity index (χ4n) is 3.79. The first-order chi connectivity index (χ1) is 15.3. The number of hydrogen-bond acceptors (Lipinski definition) is 6. The number of guanidine groups is 1. The second-order valence-electron chi connectivity index (χ2n) is 8.18. The van der Waals surface area contributed by atoms with Crippen LogP contribution in [-0.2, 0) is 0 Å². The Bertz CT molecular complexity index is 818. The Hall–Kier alpha value is -2.32. The maximum atomic E-state index is 4.40. The molecule has 2 heterocycles. The maximum Gasteiger partial charge on any atom is 0.225 e. The van der Waals surface area contributed by atoms with Gasteiger partial charge in [-0.25, -0.2) is 9.97 Å². The van der Waals surface area contributed by atoms with E-state index in [4.69, 9.17) is 0 Å². The zero-order valence-corrected chi connectivity index (χ0v) is 19.2.